The second kappa shape index (κ2) is 4.80. The van der Waals surface area contributed by atoms with E-state index in [9.17, 15) is 17.6 Å². The van der Waals surface area contributed by atoms with Crippen LogP contribution in [0.25, 0.3) is 16.8 Å². The molecule has 0 bridgehead atoms. The second-order valence-corrected chi connectivity index (χ2v) is 4.97. The minimum Gasteiger partial charge on any atom is -0.219 e. The second-order valence-electron chi connectivity index (χ2n) is 4.26. The zero-order valence-electron chi connectivity index (χ0n) is 10.2. The minimum atomic E-state index is -4.75. The molecule has 0 atom stereocenters. The van der Waals surface area contributed by atoms with Crippen molar-refractivity contribution in [1.82, 2.24) is 14.6 Å². The van der Waals surface area contributed by atoms with E-state index >= 15 is 0 Å². The van der Waals surface area contributed by atoms with Crippen molar-refractivity contribution < 1.29 is 17.6 Å². The van der Waals surface area contributed by atoms with Gasteiger partial charge in [0.25, 0.3) is 0 Å². The van der Waals surface area contributed by atoms with Gasteiger partial charge in [-0.1, -0.05) is 6.07 Å². The van der Waals surface area contributed by atoms with Crippen molar-refractivity contribution in [3.8, 4) is 11.1 Å². The lowest BCUT2D eigenvalue weighted by Gasteiger charge is -2.10. The molecule has 108 valence electrons. The highest BCUT2D eigenvalue weighted by molar-refractivity contribution is 9.10. The standard InChI is InChI=1S/C13H6BrF4N3/c14-12-19-11-8(2-1-5-21(11)20-12)7-3-4-10(15)9(6-7)13(16,17)18/h1-6H. The molecule has 0 amide bonds. The SMILES string of the molecule is Fc1ccc(-c2cccn3nc(Br)nc23)cc1C(F)(F)F. The van der Waals surface area contributed by atoms with Gasteiger partial charge in [0.1, 0.15) is 5.82 Å². The van der Waals surface area contributed by atoms with Crippen LogP contribution in [0.1, 0.15) is 5.56 Å². The summed E-state index contributed by atoms with van der Waals surface area (Å²) < 4.78 is 53.4. The highest BCUT2D eigenvalue weighted by Gasteiger charge is 2.34. The Balaban J connectivity index is 2.24. The van der Waals surface area contributed by atoms with E-state index in [1.54, 1.807) is 18.3 Å². The number of pyridine rings is 1. The molecule has 2 heterocycles. The molecule has 3 rings (SSSR count). The van der Waals surface area contributed by atoms with Gasteiger partial charge in [0, 0.05) is 11.8 Å². The number of fused-ring (bicyclic) bond motifs is 1. The maximum atomic E-state index is 13.3. The summed E-state index contributed by atoms with van der Waals surface area (Å²) in [5.41, 5.74) is -0.278. The van der Waals surface area contributed by atoms with Crippen LogP contribution in [0, 0.1) is 5.82 Å². The van der Waals surface area contributed by atoms with Gasteiger partial charge in [-0.05, 0) is 45.8 Å². The van der Waals surface area contributed by atoms with Crippen molar-refractivity contribution in [3.63, 3.8) is 0 Å². The Hall–Kier alpha value is -1.96. The number of rotatable bonds is 1. The van der Waals surface area contributed by atoms with Gasteiger partial charge < -0.3 is 0 Å². The molecule has 0 unspecified atom stereocenters. The summed E-state index contributed by atoms with van der Waals surface area (Å²) in [4.78, 5) is 4.10. The zero-order valence-corrected chi connectivity index (χ0v) is 11.8. The summed E-state index contributed by atoms with van der Waals surface area (Å²) in [6, 6.07) is 6.08. The first-order chi connectivity index (χ1) is 9.86. The fourth-order valence-electron chi connectivity index (χ4n) is 2.02. The van der Waals surface area contributed by atoms with Crippen LogP contribution < -0.4 is 0 Å². The first-order valence-corrected chi connectivity index (χ1v) is 6.53. The number of alkyl halides is 3. The molecule has 0 aliphatic carbocycles. The lowest BCUT2D eigenvalue weighted by atomic mass is 10.0. The molecule has 0 spiro atoms. The first kappa shape index (κ1) is 14.0. The van der Waals surface area contributed by atoms with E-state index in [2.05, 4.69) is 26.0 Å². The predicted octanol–water partition coefficient (Wildman–Crippen LogP) is 4.32. The Morgan fingerprint density at radius 2 is 1.90 bits per heavy atom. The molecule has 3 aromatic rings. The Kier molecular flexibility index (Phi) is 3.20. The summed E-state index contributed by atoms with van der Waals surface area (Å²) in [7, 11) is 0. The third-order valence-corrected chi connectivity index (χ3v) is 3.26. The smallest absolute Gasteiger partial charge is 0.219 e. The van der Waals surface area contributed by atoms with Crippen molar-refractivity contribution in [3.05, 3.63) is 52.6 Å². The molecule has 0 saturated carbocycles. The van der Waals surface area contributed by atoms with Gasteiger partial charge in [0.2, 0.25) is 4.73 Å². The Morgan fingerprint density at radius 1 is 1.14 bits per heavy atom. The van der Waals surface area contributed by atoms with Gasteiger partial charge in [-0.2, -0.15) is 13.2 Å². The van der Waals surface area contributed by atoms with Gasteiger partial charge in [-0.3, -0.25) is 0 Å². The molecule has 3 nitrogen and oxygen atoms in total. The third kappa shape index (κ3) is 2.51. The lowest BCUT2D eigenvalue weighted by molar-refractivity contribution is -0.139. The molecule has 0 radical (unpaired) electrons. The number of benzene rings is 1. The highest BCUT2D eigenvalue weighted by Crippen LogP contribution is 2.35. The van der Waals surface area contributed by atoms with Gasteiger partial charge in [0.05, 0.1) is 5.56 Å². The molecule has 21 heavy (non-hydrogen) atoms. The maximum absolute atomic E-state index is 13.3. The Morgan fingerprint density at radius 3 is 2.62 bits per heavy atom. The summed E-state index contributed by atoms with van der Waals surface area (Å²) in [6.45, 7) is 0. The number of hydrogen-bond donors (Lipinski definition) is 0. The van der Waals surface area contributed by atoms with Crippen LogP contribution in [0.5, 0.6) is 0 Å². The van der Waals surface area contributed by atoms with E-state index in [1.165, 1.54) is 10.6 Å². The Bertz CT molecular complexity index is 826. The number of hydrogen-bond acceptors (Lipinski definition) is 2. The molecule has 0 fully saturated rings. The van der Waals surface area contributed by atoms with Crippen molar-refractivity contribution >= 4 is 21.6 Å². The van der Waals surface area contributed by atoms with E-state index in [1.807, 2.05) is 0 Å². The van der Waals surface area contributed by atoms with Crippen molar-refractivity contribution in [2.75, 3.05) is 0 Å². The molecule has 2 aromatic heterocycles. The van der Waals surface area contributed by atoms with Crippen LogP contribution in [-0.2, 0) is 6.18 Å². The van der Waals surface area contributed by atoms with Crippen LogP contribution in [0.4, 0.5) is 17.6 Å². The van der Waals surface area contributed by atoms with Gasteiger partial charge in [0.15, 0.2) is 5.65 Å². The first-order valence-electron chi connectivity index (χ1n) is 5.74. The minimum absolute atomic E-state index is 0.217. The van der Waals surface area contributed by atoms with Crippen molar-refractivity contribution in [1.29, 1.82) is 0 Å². The van der Waals surface area contributed by atoms with Crippen LogP contribution in [0.15, 0.2) is 41.3 Å². The van der Waals surface area contributed by atoms with Gasteiger partial charge >= 0.3 is 6.18 Å². The normalized spacial score (nSPS) is 12.0. The van der Waals surface area contributed by atoms with Crippen LogP contribution in [0.2, 0.25) is 0 Å². The summed E-state index contributed by atoms with van der Waals surface area (Å²) in [5, 5.41) is 4.01. The summed E-state index contributed by atoms with van der Waals surface area (Å²) in [5.74, 6) is -1.30. The van der Waals surface area contributed by atoms with E-state index in [4.69, 9.17) is 0 Å². The van der Waals surface area contributed by atoms with Crippen molar-refractivity contribution in [2.24, 2.45) is 0 Å². The van der Waals surface area contributed by atoms with Gasteiger partial charge in [-0.15, -0.1) is 5.10 Å². The number of halogens is 5. The molecular formula is C13H6BrF4N3. The fourth-order valence-corrected chi connectivity index (χ4v) is 2.35. The van der Waals surface area contributed by atoms with Crippen LogP contribution >= 0.6 is 15.9 Å². The number of aromatic nitrogens is 3. The molecule has 8 heteroatoms. The predicted molar refractivity (Wildman–Crippen MR) is 71.1 cm³/mol. The quantitative estimate of drug-likeness (QED) is 0.606. The highest BCUT2D eigenvalue weighted by atomic mass is 79.9. The topological polar surface area (TPSA) is 30.2 Å². The molecule has 0 saturated heterocycles. The van der Waals surface area contributed by atoms with Crippen LogP contribution in [-0.4, -0.2) is 14.6 Å². The number of nitrogens with zero attached hydrogens (tertiary/aromatic N) is 3. The molecule has 0 N–H and O–H groups in total. The maximum Gasteiger partial charge on any atom is 0.419 e. The summed E-state index contributed by atoms with van der Waals surface area (Å²) >= 11 is 3.11. The molecular weight excluding hydrogens is 354 g/mol. The van der Waals surface area contributed by atoms with E-state index in [0.717, 1.165) is 12.1 Å². The lowest BCUT2D eigenvalue weighted by Crippen LogP contribution is -2.08. The Labute approximate surface area is 124 Å². The zero-order chi connectivity index (χ0) is 15.2. The summed E-state index contributed by atoms with van der Waals surface area (Å²) in [6.07, 6.45) is -3.13. The average Bonchev–Trinajstić information content (AvgIpc) is 2.78. The molecule has 0 aliphatic rings. The van der Waals surface area contributed by atoms with Crippen molar-refractivity contribution in [2.45, 2.75) is 6.18 Å². The molecule has 1 aromatic carbocycles. The fraction of sp³-hybridized carbons (Fsp3) is 0.0769. The molecule has 0 aliphatic heterocycles. The van der Waals surface area contributed by atoms with E-state index < -0.39 is 17.6 Å². The van der Waals surface area contributed by atoms with E-state index in [0.29, 0.717) is 15.9 Å². The monoisotopic (exact) mass is 359 g/mol. The average molecular weight is 360 g/mol. The van der Waals surface area contributed by atoms with Gasteiger partial charge in [-0.25, -0.2) is 13.9 Å². The third-order valence-electron chi connectivity index (χ3n) is 2.92. The largest absolute Gasteiger partial charge is 0.419 e. The van der Waals surface area contributed by atoms with Crippen LogP contribution in [0.3, 0.4) is 0 Å². The van der Waals surface area contributed by atoms with E-state index in [-0.39, 0.29) is 5.56 Å².